The number of alkyl carbamates (subject to hydrolysis) is 1. The number of carbonyl (C=O) groups is 3. The topological polar surface area (TPSA) is 105 Å². The third kappa shape index (κ3) is 4.72. The van der Waals surface area contributed by atoms with Crippen molar-refractivity contribution < 1.29 is 24.2 Å². The van der Waals surface area contributed by atoms with Crippen LogP contribution < -0.4 is 10.6 Å². The van der Waals surface area contributed by atoms with Crippen molar-refractivity contribution in [3.05, 3.63) is 59.7 Å². The molecular formula is C26H30N2O5. The molecule has 33 heavy (non-hydrogen) atoms. The van der Waals surface area contributed by atoms with Gasteiger partial charge in [0.25, 0.3) is 0 Å². The summed E-state index contributed by atoms with van der Waals surface area (Å²) in [7, 11) is 0. The smallest absolute Gasteiger partial charge is 0.407 e. The van der Waals surface area contributed by atoms with Crippen LogP contribution in [0.15, 0.2) is 48.5 Å². The van der Waals surface area contributed by atoms with Crippen LogP contribution in [0.3, 0.4) is 0 Å². The van der Waals surface area contributed by atoms with E-state index in [1.807, 2.05) is 24.3 Å². The maximum absolute atomic E-state index is 12.8. The van der Waals surface area contributed by atoms with E-state index in [4.69, 9.17) is 4.74 Å². The molecule has 2 amide bonds. The van der Waals surface area contributed by atoms with Gasteiger partial charge in [-0.15, -0.1) is 0 Å². The first-order valence-corrected chi connectivity index (χ1v) is 11.4. The Kier molecular flexibility index (Phi) is 6.40. The fourth-order valence-electron chi connectivity index (χ4n) is 4.61. The van der Waals surface area contributed by atoms with Crippen LogP contribution in [0.25, 0.3) is 11.1 Å². The first-order valence-electron chi connectivity index (χ1n) is 11.4. The molecule has 0 bridgehead atoms. The van der Waals surface area contributed by atoms with E-state index in [1.165, 1.54) is 13.8 Å². The zero-order chi connectivity index (χ0) is 23.6. The van der Waals surface area contributed by atoms with Gasteiger partial charge in [-0.05, 0) is 54.9 Å². The highest BCUT2D eigenvalue weighted by Crippen LogP contribution is 2.44. The highest BCUT2D eigenvalue weighted by Gasteiger charge is 2.37. The van der Waals surface area contributed by atoms with Gasteiger partial charge in [0.2, 0.25) is 5.91 Å². The number of nitrogens with one attached hydrogen (secondary N) is 2. The summed E-state index contributed by atoms with van der Waals surface area (Å²) < 4.78 is 5.56. The van der Waals surface area contributed by atoms with Gasteiger partial charge in [-0.3, -0.25) is 4.79 Å². The van der Waals surface area contributed by atoms with Crippen LogP contribution in [0.2, 0.25) is 0 Å². The second-order valence-electron chi connectivity index (χ2n) is 9.42. The molecule has 7 heteroatoms. The van der Waals surface area contributed by atoms with E-state index in [0.29, 0.717) is 0 Å². The molecule has 0 spiro atoms. The first-order chi connectivity index (χ1) is 15.8. The first kappa shape index (κ1) is 22.8. The Morgan fingerprint density at radius 2 is 1.61 bits per heavy atom. The molecule has 3 N–H and O–H groups in total. The average molecular weight is 451 g/mol. The van der Waals surface area contributed by atoms with Gasteiger partial charge >= 0.3 is 12.1 Å². The Morgan fingerprint density at radius 3 is 2.12 bits per heavy atom. The molecule has 1 unspecified atom stereocenters. The maximum atomic E-state index is 12.8. The molecule has 2 aliphatic carbocycles. The third-order valence-electron chi connectivity index (χ3n) is 6.84. The van der Waals surface area contributed by atoms with E-state index in [9.17, 15) is 19.5 Å². The normalized spacial score (nSPS) is 16.2. The minimum Gasteiger partial charge on any atom is -0.480 e. The second-order valence-corrected chi connectivity index (χ2v) is 9.42. The molecule has 0 heterocycles. The summed E-state index contributed by atoms with van der Waals surface area (Å²) in [6.45, 7) is 3.21. The van der Waals surface area contributed by atoms with Crippen molar-refractivity contribution >= 4 is 18.0 Å². The minimum atomic E-state index is -1.37. The molecule has 0 aromatic heterocycles. The summed E-state index contributed by atoms with van der Waals surface area (Å²) in [5.74, 6) is -1.86. The monoisotopic (exact) mass is 450 g/mol. The van der Waals surface area contributed by atoms with Crippen molar-refractivity contribution in [2.45, 2.75) is 44.6 Å². The van der Waals surface area contributed by atoms with Crippen molar-refractivity contribution in [3.8, 4) is 11.1 Å². The number of carboxylic acids is 1. The second kappa shape index (κ2) is 9.25. The Hall–Kier alpha value is -3.35. The Balaban J connectivity index is 1.36. The number of carbonyl (C=O) groups excluding carboxylic acids is 2. The number of amides is 2. The number of hydrogen-bond donors (Lipinski definition) is 3. The summed E-state index contributed by atoms with van der Waals surface area (Å²) in [6, 6.07) is 16.2. The molecule has 1 atom stereocenters. The van der Waals surface area contributed by atoms with Crippen molar-refractivity contribution in [1.82, 2.24) is 10.6 Å². The number of aliphatic carboxylic acids is 1. The van der Waals surface area contributed by atoms with Gasteiger partial charge in [0.15, 0.2) is 0 Å². The highest BCUT2D eigenvalue weighted by atomic mass is 16.5. The summed E-state index contributed by atoms with van der Waals surface area (Å²) in [4.78, 5) is 36.7. The van der Waals surface area contributed by atoms with Gasteiger partial charge in [-0.1, -0.05) is 55.0 Å². The average Bonchev–Trinajstić information content (AvgIpc) is 3.07. The zero-order valence-corrected chi connectivity index (χ0v) is 19.0. The predicted octanol–water partition coefficient (Wildman–Crippen LogP) is 3.92. The van der Waals surface area contributed by atoms with Gasteiger partial charge in [-0.25, -0.2) is 9.59 Å². The van der Waals surface area contributed by atoms with E-state index in [0.717, 1.165) is 41.5 Å². The largest absolute Gasteiger partial charge is 0.480 e. The van der Waals surface area contributed by atoms with E-state index >= 15 is 0 Å². The number of hydrogen-bond acceptors (Lipinski definition) is 4. The molecular weight excluding hydrogens is 420 g/mol. The van der Waals surface area contributed by atoms with Crippen LogP contribution in [0.5, 0.6) is 0 Å². The minimum absolute atomic E-state index is 0.0368. The highest BCUT2D eigenvalue weighted by molar-refractivity contribution is 5.88. The van der Waals surface area contributed by atoms with Crippen molar-refractivity contribution in [2.24, 2.45) is 11.8 Å². The SMILES string of the molecule is CC(C)(NC(=O)C(CNC(=O)OCC1c2ccccc2-c2ccccc21)C1CCC1)C(=O)O. The van der Waals surface area contributed by atoms with Gasteiger partial charge in [0.05, 0.1) is 5.92 Å². The molecule has 0 radical (unpaired) electrons. The molecule has 7 nitrogen and oxygen atoms in total. The molecule has 0 aliphatic heterocycles. The van der Waals surface area contributed by atoms with Crippen molar-refractivity contribution in [3.63, 3.8) is 0 Å². The molecule has 1 saturated carbocycles. The predicted molar refractivity (Wildman–Crippen MR) is 124 cm³/mol. The zero-order valence-electron chi connectivity index (χ0n) is 19.0. The van der Waals surface area contributed by atoms with Crippen molar-refractivity contribution in [2.75, 3.05) is 13.2 Å². The standard InChI is InChI=1S/C26H30N2O5/c1-26(2,24(30)31)28-23(29)21(16-8-7-9-16)14-27-25(32)33-15-22-19-12-5-3-10-17(19)18-11-4-6-13-20(18)22/h3-6,10-13,16,21-22H,7-9,14-15H2,1-2H3,(H,27,32)(H,28,29)(H,30,31). The fourth-order valence-corrected chi connectivity index (χ4v) is 4.61. The Labute approximate surface area is 193 Å². The summed E-state index contributed by atoms with van der Waals surface area (Å²) in [6.07, 6.45) is 2.23. The molecule has 0 saturated heterocycles. The van der Waals surface area contributed by atoms with Gasteiger partial charge in [-0.2, -0.15) is 0 Å². The lowest BCUT2D eigenvalue weighted by atomic mass is 9.75. The quantitative estimate of drug-likeness (QED) is 0.565. The number of benzene rings is 2. The Morgan fingerprint density at radius 1 is 1.03 bits per heavy atom. The third-order valence-corrected chi connectivity index (χ3v) is 6.84. The molecule has 2 aromatic rings. The van der Waals surface area contributed by atoms with Gasteiger partial charge < -0.3 is 20.5 Å². The van der Waals surface area contributed by atoms with Crippen LogP contribution in [-0.4, -0.2) is 41.8 Å². The van der Waals surface area contributed by atoms with E-state index in [-0.39, 0.29) is 30.9 Å². The lowest BCUT2D eigenvalue weighted by molar-refractivity contribution is -0.147. The molecule has 4 rings (SSSR count). The van der Waals surface area contributed by atoms with Gasteiger partial charge in [0.1, 0.15) is 12.1 Å². The molecule has 2 aromatic carbocycles. The Bertz CT molecular complexity index is 1010. The number of carboxylic acid groups (broad SMARTS) is 1. The maximum Gasteiger partial charge on any atom is 0.407 e. The summed E-state index contributed by atoms with van der Waals surface area (Å²) >= 11 is 0. The van der Waals surface area contributed by atoms with E-state index in [1.54, 1.807) is 0 Å². The van der Waals surface area contributed by atoms with E-state index < -0.39 is 23.5 Å². The van der Waals surface area contributed by atoms with Crippen LogP contribution in [0.4, 0.5) is 4.79 Å². The fraction of sp³-hybridized carbons (Fsp3) is 0.423. The lowest BCUT2D eigenvalue weighted by Crippen LogP contribution is -2.54. The van der Waals surface area contributed by atoms with Crippen LogP contribution >= 0.6 is 0 Å². The van der Waals surface area contributed by atoms with Crippen molar-refractivity contribution in [1.29, 1.82) is 0 Å². The molecule has 2 aliphatic rings. The number of rotatable bonds is 8. The number of fused-ring (bicyclic) bond motifs is 3. The van der Waals surface area contributed by atoms with E-state index in [2.05, 4.69) is 34.9 Å². The van der Waals surface area contributed by atoms with Gasteiger partial charge in [0, 0.05) is 12.5 Å². The van der Waals surface area contributed by atoms with Crippen LogP contribution in [-0.2, 0) is 14.3 Å². The number of ether oxygens (including phenoxy) is 1. The van der Waals surface area contributed by atoms with Crippen LogP contribution in [0, 0.1) is 11.8 Å². The van der Waals surface area contributed by atoms with Crippen LogP contribution in [0.1, 0.15) is 50.2 Å². The molecule has 174 valence electrons. The summed E-state index contributed by atoms with van der Waals surface area (Å²) in [5, 5.41) is 14.6. The lowest BCUT2D eigenvalue weighted by Gasteiger charge is -2.34. The molecule has 1 fully saturated rings. The summed E-state index contributed by atoms with van der Waals surface area (Å²) in [5.41, 5.74) is 3.21.